The third-order valence-corrected chi connectivity index (χ3v) is 4.00. The number of hydrogen-bond donors (Lipinski definition) is 5. The lowest BCUT2D eigenvalue weighted by molar-refractivity contribution is -0.322. The van der Waals surface area contributed by atoms with Crippen LogP contribution in [-0.4, -0.2) is 77.0 Å². The number of hydrogen-bond acceptors (Lipinski definition) is 9. The number of aliphatic hydroxyl groups is 4. The molecule has 6 atom stereocenters. The van der Waals surface area contributed by atoms with E-state index in [4.69, 9.17) is 18.9 Å². The van der Waals surface area contributed by atoms with Gasteiger partial charge in [0.15, 0.2) is 12.0 Å². The Hall–Kier alpha value is -1.95. The quantitative estimate of drug-likeness (QED) is 0.420. The summed E-state index contributed by atoms with van der Waals surface area (Å²) < 4.78 is 21.0. The number of anilines is 1. The molecule has 2 heterocycles. The van der Waals surface area contributed by atoms with Crippen molar-refractivity contribution < 1.29 is 44.2 Å². The lowest BCUT2D eigenvalue weighted by Gasteiger charge is -2.40. The molecule has 1 aromatic carbocycles. The maximum absolute atomic E-state index is 12.1. The lowest BCUT2D eigenvalue weighted by atomic mass is 9.99. The van der Waals surface area contributed by atoms with Crippen molar-refractivity contribution in [2.24, 2.45) is 0 Å². The molecular formula is C15H19NO9. The van der Waals surface area contributed by atoms with Crippen molar-refractivity contribution in [3.63, 3.8) is 0 Å². The SMILES string of the molecule is COc1ccc2c(c1)O[C@H](O[C@@H]1O[C@H](CO)[C@H](O)[C@H](O)[C@H]1O)C(=O)N2. The highest BCUT2D eigenvalue weighted by Gasteiger charge is 2.46. The van der Waals surface area contributed by atoms with Gasteiger partial charge in [0, 0.05) is 6.07 Å². The van der Waals surface area contributed by atoms with Gasteiger partial charge in [0.05, 0.1) is 19.4 Å². The summed E-state index contributed by atoms with van der Waals surface area (Å²) in [6, 6.07) is 4.77. The van der Waals surface area contributed by atoms with Gasteiger partial charge in [0.2, 0.25) is 0 Å². The zero-order chi connectivity index (χ0) is 18.1. The van der Waals surface area contributed by atoms with Gasteiger partial charge in [-0.1, -0.05) is 0 Å². The number of benzene rings is 1. The van der Waals surface area contributed by atoms with Gasteiger partial charge >= 0.3 is 0 Å². The van der Waals surface area contributed by atoms with Crippen molar-refractivity contribution in [2.75, 3.05) is 19.0 Å². The van der Waals surface area contributed by atoms with E-state index in [1.807, 2.05) is 0 Å². The molecule has 138 valence electrons. The maximum Gasteiger partial charge on any atom is 0.294 e. The zero-order valence-electron chi connectivity index (χ0n) is 13.2. The summed E-state index contributed by atoms with van der Waals surface area (Å²) in [4.78, 5) is 12.1. The number of carbonyl (C=O) groups excluding carboxylic acids is 1. The Balaban J connectivity index is 1.74. The molecule has 1 aromatic rings. The third kappa shape index (κ3) is 3.40. The van der Waals surface area contributed by atoms with Gasteiger partial charge in [-0.3, -0.25) is 4.79 Å². The van der Waals surface area contributed by atoms with Crippen LogP contribution in [0.2, 0.25) is 0 Å². The standard InChI is InChI=1S/C15H19NO9/c1-22-6-2-3-7-8(4-6)23-15(13(21)16-7)25-14-12(20)11(19)10(18)9(5-17)24-14/h2-4,9-12,14-15,17-20H,5H2,1H3,(H,16,21)/t9-,10+,11+,12-,14+,15-/m1/s1. The summed E-state index contributed by atoms with van der Waals surface area (Å²) >= 11 is 0. The first-order chi connectivity index (χ1) is 11.9. The number of aliphatic hydroxyl groups excluding tert-OH is 4. The van der Waals surface area contributed by atoms with Crippen LogP contribution in [0, 0.1) is 0 Å². The van der Waals surface area contributed by atoms with Gasteiger partial charge < -0.3 is 44.7 Å². The van der Waals surface area contributed by atoms with Crippen molar-refractivity contribution in [1.29, 1.82) is 0 Å². The Kier molecular flexibility index (Phi) is 5.08. The van der Waals surface area contributed by atoms with Crippen LogP contribution in [0.1, 0.15) is 0 Å². The number of methoxy groups -OCH3 is 1. The molecule has 1 amide bonds. The molecule has 3 rings (SSSR count). The fourth-order valence-electron chi connectivity index (χ4n) is 2.58. The second-order valence-electron chi connectivity index (χ2n) is 5.63. The van der Waals surface area contributed by atoms with Crippen LogP contribution in [0.4, 0.5) is 5.69 Å². The van der Waals surface area contributed by atoms with Crippen molar-refractivity contribution in [2.45, 2.75) is 37.0 Å². The molecule has 1 fully saturated rings. The predicted octanol–water partition coefficient (Wildman–Crippen LogP) is -1.83. The highest BCUT2D eigenvalue weighted by molar-refractivity contribution is 5.97. The van der Waals surface area contributed by atoms with Crippen LogP contribution < -0.4 is 14.8 Å². The first-order valence-electron chi connectivity index (χ1n) is 7.56. The monoisotopic (exact) mass is 357 g/mol. The van der Waals surface area contributed by atoms with Crippen molar-refractivity contribution in [3.8, 4) is 11.5 Å². The molecule has 0 spiro atoms. The summed E-state index contributed by atoms with van der Waals surface area (Å²) in [6.07, 6.45) is -8.89. The molecule has 2 aliphatic heterocycles. The smallest absolute Gasteiger partial charge is 0.294 e. The van der Waals surface area contributed by atoms with E-state index in [9.17, 15) is 25.2 Å². The zero-order valence-corrected chi connectivity index (χ0v) is 13.2. The van der Waals surface area contributed by atoms with Crippen LogP contribution in [0.25, 0.3) is 0 Å². The molecule has 10 nitrogen and oxygen atoms in total. The Bertz CT molecular complexity index is 637. The van der Waals surface area contributed by atoms with E-state index in [0.29, 0.717) is 11.4 Å². The van der Waals surface area contributed by atoms with E-state index in [1.54, 1.807) is 18.2 Å². The molecule has 1 saturated heterocycles. The second kappa shape index (κ2) is 7.12. The fourth-order valence-corrected chi connectivity index (χ4v) is 2.58. The summed E-state index contributed by atoms with van der Waals surface area (Å²) in [5.41, 5.74) is 0.416. The molecule has 0 aliphatic carbocycles. The molecule has 0 saturated carbocycles. The van der Waals surface area contributed by atoms with Crippen LogP contribution in [0.15, 0.2) is 18.2 Å². The highest BCUT2D eigenvalue weighted by Crippen LogP contribution is 2.34. The Morgan fingerprint density at radius 2 is 1.96 bits per heavy atom. The average Bonchev–Trinajstić information content (AvgIpc) is 2.62. The van der Waals surface area contributed by atoms with Gasteiger partial charge in [0.1, 0.15) is 30.2 Å². The number of carbonyl (C=O) groups is 1. The summed E-state index contributed by atoms with van der Waals surface area (Å²) in [7, 11) is 1.48. The van der Waals surface area contributed by atoms with Crippen LogP contribution in [0.3, 0.4) is 0 Å². The number of fused-ring (bicyclic) bond motifs is 1. The molecule has 5 N–H and O–H groups in total. The summed E-state index contributed by atoms with van der Waals surface area (Å²) in [6.45, 7) is -0.609. The van der Waals surface area contributed by atoms with Crippen molar-refractivity contribution in [3.05, 3.63) is 18.2 Å². The second-order valence-corrected chi connectivity index (χ2v) is 5.63. The first-order valence-corrected chi connectivity index (χ1v) is 7.56. The minimum atomic E-state index is -1.64. The number of nitrogens with one attached hydrogen (secondary N) is 1. The minimum absolute atomic E-state index is 0.286. The molecule has 0 radical (unpaired) electrons. The average molecular weight is 357 g/mol. The van der Waals surface area contributed by atoms with Crippen molar-refractivity contribution in [1.82, 2.24) is 0 Å². The van der Waals surface area contributed by atoms with Crippen LogP contribution >= 0.6 is 0 Å². The number of rotatable bonds is 4. The topological polar surface area (TPSA) is 147 Å². The molecule has 0 aromatic heterocycles. The van der Waals surface area contributed by atoms with E-state index in [2.05, 4.69) is 5.32 Å². The van der Waals surface area contributed by atoms with E-state index in [-0.39, 0.29) is 5.75 Å². The Morgan fingerprint density at radius 1 is 1.20 bits per heavy atom. The van der Waals surface area contributed by atoms with Crippen molar-refractivity contribution >= 4 is 11.6 Å². The normalized spacial score (nSPS) is 34.7. The molecule has 2 aliphatic rings. The van der Waals surface area contributed by atoms with Crippen LogP contribution in [-0.2, 0) is 14.3 Å². The van der Waals surface area contributed by atoms with E-state index in [1.165, 1.54) is 7.11 Å². The summed E-state index contributed by atoms with van der Waals surface area (Å²) in [5, 5.41) is 41.2. The van der Waals surface area contributed by atoms with Crippen LogP contribution in [0.5, 0.6) is 11.5 Å². The number of ether oxygens (including phenoxy) is 4. The minimum Gasteiger partial charge on any atom is -0.497 e. The van der Waals surface area contributed by atoms with Gasteiger partial charge in [-0.2, -0.15) is 0 Å². The highest BCUT2D eigenvalue weighted by atomic mass is 16.8. The molecule has 10 heteroatoms. The molecule has 25 heavy (non-hydrogen) atoms. The van der Waals surface area contributed by atoms with E-state index >= 15 is 0 Å². The lowest BCUT2D eigenvalue weighted by Crippen LogP contribution is -2.60. The third-order valence-electron chi connectivity index (χ3n) is 4.00. The fraction of sp³-hybridized carbons (Fsp3) is 0.533. The Morgan fingerprint density at radius 3 is 2.64 bits per heavy atom. The van der Waals surface area contributed by atoms with Gasteiger partial charge in [-0.05, 0) is 12.1 Å². The number of amides is 1. The Labute approximate surface area is 142 Å². The van der Waals surface area contributed by atoms with E-state index in [0.717, 1.165) is 0 Å². The van der Waals surface area contributed by atoms with Gasteiger partial charge in [-0.25, -0.2) is 0 Å². The molecular weight excluding hydrogens is 338 g/mol. The largest absolute Gasteiger partial charge is 0.497 e. The molecule has 0 bridgehead atoms. The first kappa shape index (κ1) is 17.9. The summed E-state index contributed by atoms with van der Waals surface area (Å²) in [5.74, 6) is 0.143. The molecule has 0 unspecified atom stereocenters. The maximum atomic E-state index is 12.1. The van der Waals surface area contributed by atoms with Gasteiger partial charge in [-0.15, -0.1) is 0 Å². The predicted molar refractivity (Wildman–Crippen MR) is 80.9 cm³/mol. The van der Waals surface area contributed by atoms with E-state index < -0.39 is 49.5 Å². The van der Waals surface area contributed by atoms with Gasteiger partial charge in [0.25, 0.3) is 12.2 Å².